The monoisotopic (exact) mass is 362 g/mol. The Labute approximate surface area is 156 Å². The molecule has 0 bridgehead atoms. The molecule has 1 atom stereocenters. The van der Waals surface area contributed by atoms with Gasteiger partial charge < -0.3 is 4.74 Å². The third-order valence-corrected chi connectivity index (χ3v) is 6.41. The van der Waals surface area contributed by atoms with E-state index in [4.69, 9.17) is 0 Å². The first kappa shape index (κ1) is 19.4. The van der Waals surface area contributed by atoms with E-state index in [1.165, 1.54) is 69.8 Å². The summed E-state index contributed by atoms with van der Waals surface area (Å²) >= 11 is 0. The molecule has 1 saturated carbocycles. The van der Waals surface area contributed by atoms with Crippen molar-refractivity contribution in [2.45, 2.75) is 83.7 Å². The van der Waals surface area contributed by atoms with E-state index in [1.807, 2.05) is 12.1 Å². The van der Waals surface area contributed by atoms with Crippen LogP contribution in [0.4, 0.5) is 8.78 Å². The minimum absolute atomic E-state index is 0.255. The van der Waals surface area contributed by atoms with E-state index >= 15 is 0 Å². The second-order valence-corrected chi connectivity index (χ2v) is 8.06. The Morgan fingerprint density at radius 2 is 1.73 bits per heavy atom. The molecule has 26 heavy (non-hydrogen) atoms. The molecule has 0 spiro atoms. The molecule has 2 aliphatic carbocycles. The molecule has 0 aliphatic heterocycles. The minimum atomic E-state index is -2.75. The van der Waals surface area contributed by atoms with E-state index in [-0.39, 0.29) is 5.75 Å². The van der Waals surface area contributed by atoms with E-state index in [1.54, 1.807) is 17.7 Å². The van der Waals surface area contributed by atoms with E-state index in [0.717, 1.165) is 11.8 Å². The van der Waals surface area contributed by atoms with Gasteiger partial charge in [0, 0.05) is 0 Å². The lowest BCUT2D eigenvalue weighted by Gasteiger charge is -2.35. The number of benzene rings is 1. The van der Waals surface area contributed by atoms with Crippen molar-refractivity contribution in [1.82, 2.24) is 0 Å². The van der Waals surface area contributed by atoms with Crippen LogP contribution >= 0.6 is 0 Å². The third-order valence-electron chi connectivity index (χ3n) is 6.41. The summed E-state index contributed by atoms with van der Waals surface area (Å²) in [4.78, 5) is 0. The molecule has 1 aromatic rings. The molecule has 144 valence electrons. The smallest absolute Gasteiger partial charge is 0.387 e. The number of hydrogen-bond acceptors (Lipinski definition) is 1. The zero-order valence-electron chi connectivity index (χ0n) is 15.9. The van der Waals surface area contributed by atoms with Crippen LogP contribution < -0.4 is 4.74 Å². The Morgan fingerprint density at radius 1 is 1.00 bits per heavy atom. The number of hydrogen-bond donors (Lipinski definition) is 0. The fraction of sp³-hybridized carbons (Fsp3) is 0.652. The molecule has 1 unspecified atom stereocenters. The van der Waals surface area contributed by atoms with Crippen molar-refractivity contribution in [3.8, 4) is 5.75 Å². The molecule has 0 radical (unpaired) electrons. The lowest BCUT2D eigenvalue weighted by Crippen LogP contribution is -2.22. The van der Waals surface area contributed by atoms with Gasteiger partial charge in [0.25, 0.3) is 0 Å². The fourth-order valence-corrected chi connectivity index (χ4v) is 4.81. The molecule has 2 aliphatic rings. The highest BCUT2D eigenvalue weighted by Gasteiger charge is 2.29. The first-order valence-corrected chi connectivity index (χ1v) is 10.4. The Hall–Kier alpha value is -1.38. The van der Waals surface area contributed by atoms with Crippen molar-refractivity contribution in [3.05, 3.63) is 41.5 Å². The summed E-state index contributed by atoms with van der Waals surface area (Å²) < 4.78 is 29.0. The van der Waals surface area contributed by atoms with Gasteiger partial charge in [-0.1, -0.05) is 37.1 Å². The topological polar surface area (TPSA) is 9.23 Å². The van der Waals surface area contributed by atoms with Crippen LogP contribution in [-0.2, 0) is 0 Å². The lowest BCUT2D eigenvalue weighted by molar-refractivity contribution is -0.0498. The van der Waals surface area contributed by atoms with Crippen LogP contribution in [0, 0.1) is 11.8 Å². The molecular formula is C23H32F2O. The second kappa shape index (κ2) is 9.53. The molecule has 1 nitrogen and oxygen atoms in total. The maximum atomic E-state index is 12.3. The maximum Gasteiger partial charge on any atom is 0.387 e. The van der Waals surface area contributed by atoms with Gasteiger partial charge in [-0.05, 0) is 93.2 Å². The van der Waals surface area contributed by atoms with Gasteiger partial charge in [-0.25, -0.2) is 0 Å². The number of halogens is 2. The number of allylic oxidation sites excluding steroid dienone is 2. The van der Waals surface area contributed by atoms with Crippen LogP contribution in [0.25, 0.3) is 0 Å². The van der Waals surface area contributed by atoms with Crippen LogP contribution in [0.5, 0.6) is 5.75 Å². The average Bonchev–Trinajstić information content (AvgIpc) is 2.67. The average molecular weight is 363 g/mol. The first-order chi connectivity index (χ1) is 12.7. The first-order valence-electron chi connectivity index (χ1n) is 10.4. The van der Waals surface area contributed by atoms with Crippen LogP contribution in [0.3, 0.4) is 0 Å². The lowest BCUT2D eigenvalue weighted by atomic mass is 9.70. The van der Waals surface area contributed by atoms with Crippen LogP contribution in [-0.4, -0.2) is 6.61 Å². The molecule has 1 aromatic carbocycles. The van der Waals surface area contributed by atoms with Gasteiger partial charge in [-0.3, -0.25) is 0 Å². The predicted molar refractivity (Wildman–Crippen MR) is 103 cm³/mol. The Morgan fingerprint density at radius 3 is 2.31 bits per heavy atom. The van der Waals surface area contributed by atoms with E-state index in [0.29, 0.717) is 5.92 Å². The quantitative estimate of drug-likeness (QED) is 0.457. The van der Waals surface area contributed by atoms with Crippen molar-refractivity contribution in [1.29, 1.82) is 0 Å². The fourth-order valence-electron chi connectivity index (χ4n) is 4.81. The van der Waals surface area contributed by atoms with Gasteiger partial charge in [0.1, 0.15) is 5.75 Å². The molecule has 0 N–H and O–H groups in total. The van der Waals surface area contributed by atoms with Gasteiger partial charge >= 0.3 is 6.61 Å². The van der Waals surface area contributed by atoms with Crippen molar-refractivity contribution in [2.75, 3.05) is 0 Å². The van der Waals surface area contributed by atoms with Crippen molar-refractivity contribution in [3.63, 3.8) is 0 Å². The van der Waals surface area contributed by atoms with Crippen LogP contribution in [0.2, 0.25) is 0 Å². The summed E-state index contributed by atoms with van der Waals surface area (Å²) in [7, 11) is 0. The van der Waals surface area contributed by atoms with Gasteiger partial charge in [0.15, 0.2) is 0 Å². The van der Waals surface area contributed by atoms with Crippen molar-refractivity contribution < 1.29 is 13.5 Å². The molecule has 1 fully saturated rings. The standard InChI is InChI=1S/C23H32F2O/c1-2-3-4-17-5-7-18(8-6-17)19-9-11-20(12-10-19)21-13-15-22(16-14-21)26-23(24)25/h5,13-16,18-20,23H,2-4,6-12H2,1H3. The van der Waals surface area contributed by atoms with Gasteiger partial charge in [-0.2, -0.15) is 8.78 Å². The summed E-state index contributed by atoms with van der Waals surface area (Å²) in [6, 6.07) is 7.28. The zero-order chi connectivity index (χ0) is 18.4. The van der Waals surface area contributed by atoms with E-state index in [9.17, 15) is 8.78 Å². The van der Waals surface area contributed by atoms with Crippen LogP contribution in [0.1, 0.15) is 82.6 Å². The molecule has 0 amide bonds. The molecule has 0 aromatic heterocycles. The molecule has 0 saturated heterocycles. The third kappa shape index (κ3) is 5.31. The zero-order valence-corrected chi connectivity index (χ0v) is 15.9. The summed E-state index contributed by atoms with van der Waals surface area (Å²) in [5.41, 5.74) is 2.97. The molecule has 3 heteroatoms. The Balaban J connectivity index is 1.46. The molecule has 3 rings (SSSR count). The summed E-state index contributed by atoms with van der Waals surface area (Å²) in [6.07, 6.45) is 15.5. The maximum absolute atomic E-state index is 12.3. The number of ether oxygens (including phenoxy) is 1. The summed E-state index contributed by atoms with van der Waals surface area (Å²) in [5.74, 6) is 2.58. The predicted octanol–water partition coefficient (Wildman–Crippen LogP) is 7.48. The van der Waals surface area contributed by atoms with Gasteiger partial charge in [-0.15, -0.1) is 0 Å². The summed E-state index contributed by atoms with van der Waals surface area (Å²) in [5, 5.41) is 0. The minimum Gasteiger partial charge on any atom is -0.435 e. The van der Waals surface area contributed by atoms with E-state index in [2.05, 4.69) is 17.7 Å². The number of unbranched alkanes of at least 4 members (excludes halogenated alkanes) is 1. The van der Waals surface area contributed by atoms with Crippen molar-refractivity contribution in [2.24, 2.45) is 11.8 Å². The highest BCUT2D eigenvalue weighted by Crippen LogP contribution is 2.43. The second-order valence-electron chi connectivity index (χ2n) is 8.06. The Bertz CT molecular complexity index is 570. The van der Waals surface area contributed by atoms with E-state index < -0.39 is 6.61 Å². The van der Waals surface area contributed by atoms with Gasteiger partial charge in [0.05, 0.1) is 0 Å². The number of rotatable bonds is 7. The Kier molecular flexibility index (Phi) is 7.10. The van der Waals surface area contributed by atoms with Crippen molar-refractivity contribution >= 4 is 0 Å². The largest absolute Gasteiger partial charge is 0.435 e. The highest BCUT2D eigenvalue weighted by molar-refractivity contribution is 5.29. The summed E-state index contributed by atoms with van der Waals surface area (Å²) in [6.45, 7) is -0.479. The van der Waals surface area contributed by atoms with Gasteiger partial charge in [0.2, 0.25) is 0 Å². The molecule has 0 heterocycles. The molecular weight excluding hydrogens is 330 g/mol. The van der Waals surface area contributed by atoms with Crippen LogP contribution in [0.15, 0.2) is 35.9 Å². The number of alkyl halides is 2. The highest BCUT2D eigenvalue weighted by atomic mass is 19.3. The SMILES string of the molecule is CCCCC1=CCC(C2CCC(c3ccc(OC(F)F)cc3)CC2)CC1. The normalized spacial score (nSPS) is 26.6.